The average molecular weight is 375 g/mol. The van der Waals surface area contributed by atoms with E-state index in [9.17, 15) is 4.39 Å². The number of rotatable bonds is 6. The Bertz CT molecular complexity index is 866. The molecule has 3 heteroatoms. The maximum Gasteiger partial charge on any atom is 0.127 e. The van der Waals surface area contributed by atoms with E-state index in [0.29, 0.717) is 18.5 Å². The lowest BCUT2D eigenvalue weighted by Crippen LogP contribution is -2.47. The van der Waals surface area contributed by atoms with E-state index in [1.54, 1.807) is 6.07 Å². The predicted molar refractivity (Wildman–Crippen MR) is 113 cm³/mol. The van der Waals surface area contributed by atoms with E-state index in [4.69, 9.17) is 0 Å². The van der Waals surface area contributed by atoms with Gasteiger partial charge in [0.05, 0.1) is 0 Å². The van der Waals surface area contributed by atoms with Crippen LogP contribution in [0.25, 0.3) is 0 Å². The monoisotopic (exact) mass is 374 g/mol. The van der Waals surface area contributed by atoms with E-state index < -0.39 is 0 Å². The smallest absolute Gasteiger partial charge is 0.127 e. The minimum Gasteiger partial charge on any atom is -0.309 e. The number of hydrogen-bond acceptors (Lipinski definition) is 2. The zero-order valence-electron chi connectivity index (χ0n) is 16.1. The summed E-state index contributed by atoms with van der Waals surface area (Å²) in [5.74, 6) is 0.262. The van der Waals surface area contributed by atoms with E-state index in [-0.39, 0.29) is 5.82 Å². The van der Waals surface area contributed by atoms with Crippen LogP contribution in [0.4, 0.5) is 4.39 Å². The first-order valence-corrected chi connectivity index (χ1v) is 10.1. The minimum atomic E-state index is -0.132. The number of hydrogen-bond donors (Lipinski definition) is 1. The summed E-state index contributed by atoms with van der Waals surface area (Å²) in [5.41, 5.74) is 3.44. The molecule has 1 heterocycles. The van der Waals surface area contributed by atoms with E-state index in [0.717, 1.165) is 31.6 Å². The summed E-state index contributed by atoms with van der Waals surface area (Å²) in [6.07, 6.45) is 1.06. The fourth-order valence-electron chi connectivity index (χ4n) is 4.17. The van der Waals surface area contributed by atoms with Crippen LogP contribution in [0.2, 0.25) is 0 Å². The normalized spacial score (nSPS) is 20.2. The molecule has 3 aromatic rings. The van der Waals surface area contributed by atoms with E-state index >= 15 is 0 Å². The van der Waals surface area contributed by atoms with Crippen molar-refractivity contribution in [3.63, 3.8) is 0 Å². The second kappa shape index (κ2) is 9.13. The van der Waals surface area contributed by atoms with E-state index in [1.165, 1.54) is 17.2 Å². The van der Waals surface area contributed by atoms with Crippen molar-refractivity contribution in [2.45, 2.75) is 31.5 Å². The molecule has 28 heavy (non-hydrogen) atoms. The van der Waals surface area contributed by atoms with Gasteiger partial charge in [-0.05, 0) is 23.6 Å². The molecule has 1 aliphatic heterocycles. The van der Waals surface area contributed by atoms with Crippen LogP contribution in [-0.2, 0) is 13.1 Å². The highest BCUT2D eigenvalue weighted by Crippen LogP contribution is 2.28. The Balaban J connectivity index is 1.47. The van der Waals surface area contributed by atoms with Gasteiger partial charge in [0.15, 0.2) is 0 Å². The first-order chi connectivity index (χ1) is 13.8. The summed E-state index contributed by atoms with van der Waals surface area (Å²) in [4.78, 5) is 2.54. The Labute approximate surface area is 167 Å². The summed E-state index contributed by atoms with van der Waals surface area (Å²) < 4.78 is 14.0. The third-order valence-electron chi connectivity index (χ3n) is 5.69. The molecule has 0 bridgehead atoms. The van der Waals surface area contributed by atoms with Gasteiger partial charge in [-0.3, -0.25) is 4.90 Å². The summed E-state index contributed by atoms with van der Waals surface area (Å²) in [6.45, 7) is 3.60. The summed E-state index contributed by atoms with van der Waals surface area (Å²) in [5, 5.41) is 3.65. The second-order valence-corrected chi connectivity index (χ2v) is 7.61. The van der Waals surface area contributed by atoms with Crippen molar-refractivity contribution < 1.29 is 4.39 Å². The van der Waals surface area contributed by atoms with Gasteiger partial charge in [-0.15, -0.1) is 0 Å². The number of nitrogens with one attached hydrogen (secondary N) is 1. The van der Waals surface area contributed by atoms with Crippen molar-refractivity contribution in [1.29, 1.82) is 0 Å². The highest BCUT2D eigenvalue weighted by atomic mass is 19.1. The standard InChI is InChI=1S/C25H27FN2/c26-24-14-8-7-13-22(24)17-27-25-15-16-28(18-20-9-3-1-4-10-20)19-23(25)21-11-5-2-6-12-21/h1-14,23,25,27H,15-19H2. The molecule has 144 valence electrons. The summed E-state index contributed by atoms with van der Waals surface area (Å²) in [6, 6.07) is 28.8. The molecular formula is C25H27FN2. The summed E-state index contributed by atoms with van der Waals surface area (Å²) in [7, 11) is 0. The van der Waals surface area contributed by atoms with Crippen molar-refractivity contribution in [3.8, 4) is 0 Å². The first-order valence-electron chi connectivity index (χ1n) is 10.1. The van der Waals surface area contributed by atoms with Crippen LogP contribution < -0.4 is 5.32 Å². The van der Waals surface area contributed by atoms with Crippen molar-refractivity contribution in [3.05, 3.63) is 107 Å². The topological polar surface area (TPSA) is 15.3 Å². The Morgan fingerprint density at radius 2 is 1.54 bits per heavy atom. The van der Waals surface area contributed by atoms with Gasteiger partial charge in [-0.2, -0.15) is 0 Å². The van der Waals surface area contributed by atoms with Gasteiger partial charge in [-0.25, -0.2) is 4.39 Å². The molecule has 2 unspecified atom stereocenters. The fourth-order valence-corrected chi connectivity index (χ4v) is 4.17. The lowest BCUT2D eigenvalue weighted by Gasteiger charge is -2.39. The van der Waals surface area contributed by atoms with Crippen molar-refractivity contribution in [1.82, 2.24) is 10.2 Å². The van der Waals surface area contributed by atoms with Gasteiger partial charge in [0.25, 0.3) is 0 Å². The average Bonchev–Trinajstić information content (AvgIpc) is 2.75. The zero-order valence-corrected chi connectivity index (χ0v) is 16.1. The predicted octanol–water partition coefficient (Wildman–Crippen LogP) is 4.97. The Morgan fingerprint density at radius 1 is 0.857 bits per heavy atom. The van der Waals surface area contributed by atoms with Gasteiger partial charge in [-0.1, -0.05) is 78.9 Å². The quantitative estimate of drug-likeness (QED) is 0.655. The van der Waals surface area contributed by atoms with Crippen molar-refractivity contribution in [2.24, 2.45) is 0 Å². The minimum absolute atomic E-state index is 0.132. The van der Waals surface area contributed by atoms with E-state index in [2.05, 4.69) is 70.9 Å². The van der Waals surface area contributed by atoms with Crippen LogP contribution in [0.15, 0.2) is 84.9 Å². The molecule has 0 amide bonds. The summed E-state index contributed by atoms with van der Waals surface area (Å²) >= 11 is 0. The lowest BCUT2D eigenvalue weighted by atomic mass is 9.85. The van der Waals surface area contributed by atoms with Gasteiger partial charge >= 0.3 is 0 Å². The van der Waals surface area contributed by atoms with Crippen LogP contribution in [-0.4, -0.2) is 24.0 Å². The highest BCUT2D eigenvalue weighted by Gasteiger charge is 2.30. The largest absolute Gasteiger partial charge is 0.309 e. The third-order valence-corrected chi connectivity index (χ3v) is 5.69. The molecule has 1 saturated heterocycles. The maximum absolute atomic E-state index is 14.0. The molecule has 0 aromatic heterocycles. The third kappa shape index (κ3) is 4.67. The van der Waals surface area contributed by atoms with Gasteiger partial charge in [0.2, 0.25) is 0 Å². The Morgan fingerprint density at radius 3 is 2.29 bits per heavy atom. The maximum atomic E-state index is 14.0. The number of likely N-dealkylation sites (tertiary alicyclic amines) is 1. The first kappa shape index (κ1) is 18.9. The van der Waals surface area contributed by atoms with Crippen molar-refractivity contribution in [2.75, 3.05) is 13.1 Å². The number of nitrogens with zero attached hydrogens (tertiary/aromatic N) is 1. The highest BCUT2D eigenvalue weighted by molar-refractivity contribution is 5.24. The Hall–Kier alpha value is -2.49. The second-order valence-electron chi connectivity index (χ2n) is 7.61. The zero-order chi connectivity index (χ0) is 19.2. The van der Waals surface area contributed by atoms with Crippen LogP contribution >= 0.6 is 0 Å². The SMILES string of the molecule is Fc1ccccc1CNC1CCN(Cc2ccccc2)CC1c1ccccc1. The fraction of sp³-hybridized carbons (Fsp3) is 0.280. The molecule has 1 aliphatic rings. The molecule has 3 aromatic carbocycles. The van der Waals surface area contributed by atoms with Gasteiger partial charge in [0.1, 0.15) is 5.82 Å². The number of piperidine rings is 1. The molecule has 1 fully saturated rings. The van der Waals surface area contributed by atoms with Crippen LogP contribution in [0.1, 0.15) is 29.0 Å². The van der Waals surface area contributed by atoms with Gasteiger partial charge in [0, 0.05) is 43.7 Å². The van der Waals surface area contributed by atoms with Gasteiger partial charge < -0.3 is 5.32 Å². The Kier molecular flexibility index (Phi) is 6.15. The lowest BCUT2D eigenvalue weighted by molar-refractivity contribution is 0.166. The van der Waals surface area contributed by atoms with E-state index in [1.807, 2.05) is 12.1 Å². The number of benzene rings is 3. The van der Waals surface area contributed by atoms with Crippen LogP contribution in [0, 0.1) is 5.82 Å². The van der Waals surface area contributed by atoms with Crippen molar-refractivity contribution >= 4 is 0 Å². The molecule has 0 aliphatic carbocycles. The molecule has 0 saturated carbocycles. The molecule has 0 spiro atoms. The van der Waals surface area contributed by atoms with Crippen LogP contribution in [0.3, 0.4) is 0 Å². The van der Waals surface area contributed by atoms with Crippen LogP contribution in [0.5, 0.6) is 0 Å². The molecule has 0 radical (unpaired) electrons. The molecular weight excluding hydrogens is 347 g/mol. The number of halogens is 1. The molecule has 1 N–H and O–H groups in total. The molecule has 2 atom stereocenters. The molecule has 2 nitrogen and oxygen atoms in total. The molecule has 4 rings (SSSR count).